The van der Waals surface area contributed by atoms with E-state index >= 15 is 0 Å². The van der Waals surface area contributed by atoms with Crippen LogP contribution >= 0.6 is 0 Å². The highest BCUT2D eigenvalue weighted by atomic mass is 16.3. The Morgan fingerprint density at radius 1 is 1.20 bits per heavy atom. The van der Waals surface area contributed by atoms with E-state index in [1.54, 1.807) is 41.7 Å². The van der Waals surface area contributed by atoms with Crippen molar-refractivity contribution < 1.29 is 18.8 Å². The Balaban J connectivity index is 1.53. The normalized spacial score (nSPS) is 13.8. The summed E-state index contributed by atoms with van der Waals surface area (Å²) in [6.45, 7) is 1.01. The van der Waals surface area contributed by atoms with E-state index in [9.17, 15) is 14.4 Å². The molecule has 25 heavy (non-hydrogen) atoms. The summed E-state index contributed by atoms with van der Waals surface area (Å²) in [5.74, 6) is -1.37. The van der Waals surface area contributed by atoms with Crippen molar-refractivity contribution in [2.24, 2.45) is 0 Å². The molecule has 2 heterocycles. The second kappa shape index (κ2) is 7.65. The molecule has 0 radical (unpaired) electrons. The van der Waals surface area contributed by atoms with Crippen LogP contribution in [0.25, 0.3) is 0 Å². The maximum atomic E-state index is 12.0. The van der Waals surface area contributed by atoms with E-state index in [4.69, 9.17) is 4.42 Å². The number of nitrogens with one attached hydrogen (secondary N) is 2. The average Bonchev–Trinajstić information content (AvgIpc) is 3.26. The third kappa shape index (κ3) is 4.26. The van der Waals surface area contributed by atoms with Crippen LogP contribution in [0.3, 0.4) is 0 Å². The summed E-state index contributed by atoms with van der Waals surface area (Å²) in [6.07, 6.45) is 5.10. The molecule has 2 N–H and O–H groups in total. The van der Waals surface area contributed by atoms with E-state index in [2.05, 4.69) is 10.6 Å². The number of carbonyl (C=O) groups is 3. The molecule has 1 aliphatic rings. The molecule has 1 saturated heterocycles. The summed E-state index contributed by atoms with van der Waals surface area (Å²) in [5.41, 5.74) is 2.15. The zero-order valence-electron chi connectivity index (χ0n) is 13.7. The van der Waals surface area contributed by atoms with Crippen LogP contribution < -0.4 is 15.5 Å². The van der Waals surface area contributed by atoms with Gasteiger partial charge in [0.1, 0.15) is 0 Å². The lowest BCUT2D eigenvalue weighted by molar-refractivity contribution is -0.136. The van der Waals surface area contributed by atoms with E-state index in [-0.39, 0.29) is 5.91 Å². The number of carbonyl (C=O) groups excluding carboxylic acids is 3. The Morgan fingerprint density at radius 2 is 2.08 bits per heavy atom. The minimum atomic E-state index is -0.739. The molecule has 0 aliphatic carbocycles. The van der Waals surface area contributed by atoms with Crippen LogP contribution in [0.4, 0.5) is 11.4 Å². The third-order valence-corrected chi connectivity index (χ3v) is 3.97. The largest absolute Gasteiger partial charge is 0.472 e. The van der Waals surface area contributed by atoms with Gasteiger partial charge in [-0.3, -0.25) is 14.4 Å². The molecule has 0 spiro atoms. The van der Waals surface area contributed by atoms with Crippen molar-refractivity contribution in [3.63, 3.8) is 0 Å². The highest BCUT2D eigenvalue weighted by Gasteiger charge is 2.22. The Hall–Kier alpha value is -3.09. The summed E-state index contributed by atoms with van der Waals surface area (Å²) in [4.78, 5) is 37.3. The quantitative estimate of drug-likeness (QED) is 0.810. The van der Waals surface area contributed by atoms with Crippen molar-refractivity contribution in [1.29, 1.82) is 0 Å². The fraction of sp³-hybridized carbons (Fsp3) is 0.278. The maximum Gasteiger partial charge on any atom is 0.313 e. The molecule has 7 heteroatoms. The molecule has 3 amide bonds. The lowest BCUT2D eigenvalue weighted by Crippen LogP contribution is -2.36. The Bertz CT molecular complexity index is 770. The van der Waals surface area contributed by atoms with Gasteiger partial charge in [-0.15, -0.1) is 0 Å². The molecule has 3 rings (SSSR count). The summed E-state index contributed by atoms with van der Waals surface area (Å²) in [5, 5.41) is 5.12. The lowest BCUT2D eigenvalue weighted by Gasteiger charge is -2.16. The van der Waals surface area contributed by atoms with Gasteiger partial charge < -0.3 is 20.0 Å². The molecule has 130 valence electrons. The van der Waals surface area contributed by atoms with Gasteiger partial charge >= 0.3 is 11.8 Å². The average molecular weight is 341 g/mol. The Morgan fingerprint density at radius 3 is 2.80 bits per heavy atom. The predicted octanol–water partition coefficient (Wildman–Crippen LogP) is 1.70. The van der Waals surface area contributed by atoms with Gasteiger partial charge in [0, 0.05) is 30.9 Å². The van der Waals surface area contributed by atoms with E-state index in [1.807, 2.05) is 6.07 Å². The topological polar surface area (TPSA) is 91.7 Å². The van der Waals surface area contributed by atoms with Gasteiger partial charge in [0.25, 0.3) is 0 Å². The second-order valence-electron chi connectivity index (χ2n) is 5.79. The van der Waals surface area contributed by atoms with Crippen molar-refractivity contribution in [1.82, 2.24) is 5.32 Å². The van der Waals surface area contributed by atoms with Crippen LogP contribution in [0.15, 0.2) is 47.3 Å². The molecule has 0 unspecified atom stereocenters. The molecule has 0 atom stereocenters. The summed E-state index contributed by atoms with van der Waals surface area (Å²) < 4.78 is 4.94. The molecular weight excluding hydrogens is 322 g/mol. The molecule has 1 aromatic carbocycles. The van der Waals surface area contributed by atoms with Crippen LogP contribution in [0.1, 0.15) is 18.4 Å². The molecule has 1 fully saturated rings. The number of benzene rings is 1. The first-order chi connectivity index (χ1) is 12.1. The first kappa shape index (κ1) is 16.8. The minimum Gasteiger partial charge on any atom is -0.472 e. The first-order valence-electron chi connectivity index (χ1n) is 8.14. The molecule has 1 aromatic heterocycles. The molecule has 7 nitrogen and oxygen atoms in total. The van der Waals surface area contributed by atoms with Crippen LogP contribution in [-0.2, 0) is 20.8 Å². The standard InChI is InChI=1S/C18H19N3O4/c22-16-5-2-9-21(16)15-4-1-3-14(11-15)20-18(24)17(23)19-8-6-13-7-10-25-12-13/h1,3-4,7,10-12H,2,5-6,8-9H2,(H,19,23)(H,20,24). The maximum absolute atomic E-state index is 12.0. The number of amides is 3. The van der Waals surface area contributed by atoms with Crippen LogP contribution in [0, 0.1) is 0 Å². The molecule has 1 aliphatic heterocycles. The molecule has 2 aromatic rings. The van der Waals surface area contributed by atoms with Gasteiger partial charge in [0.05, 0.1) is 12.5 Å². The highest BCUT2D eigenvalue weighted by Crippen LogP contribution is 2.24. The van der Waals surface area contributed by atoms with Crippen LogP contribution in [0.5, 0.6) is 0 Å². The van der Waals surface area contributed by atoms with E-state index in [1.165, 1.54) is 0 Å². The van der Waals surface area contributed by atoms with Gasteiger partial charge in [-0.05, 0) is 42.7 Å². The van der Waals surface area contributed by atoms with Gasteiger partial charge in [-0.25, -0.2) is 0 Å². The van der Waals surface area contributed by atoms with Crippen molar-refractivity contribution in [2.75, 3.05) is 23.3 Å². The predicted molar refractivity (Wildman–Crippen MR) is 92.1 cm³/mol. The van der Waals surface area contributed by atoms with E-state index < -0.39 is 11.8 Å². The van der Waals surface area contributed by atoms with Gasteiger partial charge in [0.15, 0.2) is 0 Å². The molecule has 0 saturated carbocycles. The SMILES string of the molecule is O=C(NCCc1ccoc1)C(=O)Nc1cccc(N2CCCC2=O)c1. The Labute approximate surface area is 145 Å². The number of rotatable bonds is 5. The summed E-state index contributed by atoms with van der Waals surface area (Å²) in [6, 6.07) is 8.73. The number of hydrogen-bond acceptors (Lipinski definition) is 4. The number of anilines is 2. The number of hydrogen-bond donors (Lipinski definition) is 2. The van der Waals surface area contributed by atoms with Gasteiger partial charge in [-0.2, -0.15) is 0 Å². The first-order valence-corrected chi connectivity index (χ1v) is 8.14. The van der Waals surface area contributed by atoms with Crippen LogP contribution in [0.2, 0.25) is 0 Å². The molecule has 0 bridgehead atoms. The zero-order valence-corrected chi connectivity index (χ0v) is 13.7. The number of furan rings is 1. The van der Waals surface area contributed by atoms with Crippen molar-refractivity contribution in [3.8, 4) is 0 Å². The van der Waals surface area contributed by atoms with Gasteiger partial charge in [-0.1, -0.05) is 6.07 Å². The third-order valence-electron chi connectivity index (χ3n) is 3.97. The highest BCUT2D eigenvalue weighted by molar-refractivity contribution is 6.39. The fourth-order valence-corrected chi connectivity index (χ4v) is 2.70. The minimum absolute atomic E-state index is 0.0699. The van der Waals surface area contributed by atoms with Crippen LogP contribution in [-0.4, -0.2) is 30.8 Å². The lowest BCUT2D eigenvalue weighted by atomic mass is 10.2. The smallest absolute Gasteiger partial charge is 0.313 e. The number of nitrogens with zero attached hydrogens (tertiary/aromatic N) is 1. The van der Waals surface area contributed by atoms with Crippen molar-refractivity contribution in [2.45, 2.75) is 19.3 Å². The monoisotopic (exact) mass is 341 g/mol. The summed E-state index contributed by atoms with van der Waals surface area (Å²) in [7, 11) is 0. The van der Waals surface area contributed by atoms with Crippen molar-refractivity contribution >= 4 is 29.1 Å². The zero-order chi connectivity index (χ0) is 17.6. The fourth-order valence-electron chi connectivity index (χ4n) is 2.70. The van der Waals surface area contributed by atoms with E-state index in [0.29, 0.717) is 31.6 Å². The second-order valence-corrected chi connectivity index (χ2v) is 5.79. The summed E-state index contributed by atoms with van der Waals surface area (Å²) >= 11 is 0. The van der Waals surface area contributed by atoms with E-state index in [0.717, 1.165) is 17.7 Å². The molecular formula is C18H19N3O4. The van der Waals surface area contributed by atoms with Gasteiger partial charge in [0.2, 0.25) is 5.91 Å². The van der Waals surface area contributed by atoms with Crippen molar-refractivity contribution in [3.05, 3.63) is 48.4 Å². The Kier molecular flexibility index (Phi) is 5.13.